The monoisotopic (exact) mass is 242 g/mol. The van der Waals surface area contributed by atoms with Gasteiger partial charge in [-0.1, -0.05) is 6.07 Å². The second kappa shape index (κ2) is 4.28. The molecule has 0 aliphatic carbocycles. The predicted octanol–water partition coefficient (Wildman–Crippen LogP) is 2.06. The lowest BCUT2D eigenvalue weighted by molar-refractivity contribution is 0.411. The molecule has 0 saturated carbocycles. The van der Waals surface area contributed by atoms with Gasteiger partial charge in [-0.2, -0.15) is 5.10 Å². The van der Waals surface area contributed by atoms with Crippen LogP contribution in [-0.4, -0.2) is 13.3 Å². The van der Waals surface area contributed by atoms with Crippen molar-refractivity contribution < 1.29 is 4.74 Å². The molecule has 0 atom stereocenters. The third-order valence-electron chi connectivity index (χ3n) is 1.77. The second-order valence-electron chi connectivity index (χ2n) is 2.59. The van der Waals surface area contributed by atoms with Gasteiger partial charge in [0.15, 0.2) is 0 Å². The van der Waals surface area contributed by atoms with Gasteiger partial charge < -0.3 is 10.6 Å². The molecule has 0 radical (unpaired) electrons. The highest BCUT2D eigenvalue weighted by Crippen LogP contribution is 2.29. The first-order chi connectivity index (χ1) is 6.20. The molecule has 0 fully saturated rings. The van der Waals surface area contributed by atoms with Crippen molar-refractivity contribution >= 4 is 22.1 Å². The van der Waals surface area contributed by atoms with E-state index in [0.29, 0.717) is 0 Å². The first kappa shape index (κ1) is 10.1. The molecular formula is C9H11BrN2O. The van der Waals surface area contributed by atoms with Gasteiger partial charge in [-0.3, -0.25) is 0 Å². The average Bonchev–Trinajstić information content (AvgIpc) is 2.12. The van der Waals surface area contributed by atoms with Crippen LogP contribution in [0.4, 0.5) is 0 Å². The minimum Gasteiger partial charge on any atom is -0.495 e. The summed E-state index contributed by atoms with van der Waals surface area (Å²) >= 11 is 3.38. The van der Waals surface area contributed by atoms with Crippen molar-refractivity contribution in [2.24, 2.45) is 10.9 Å². The van der Waals surface area contributed by atoms with Gasteiger partial charge in [0.1, 0.15) is 5.75 Å². The molecule has 70 valence electrons. The summed E-state index contributed by atoms with van der Waals surface area (Å²) in [6, 6.07) is 3.91. The van der Waals surface area contributed by atoms with Crippen molar-refractivity contribution in [2.45, 2.75) is 6.92 Å². The van der Waals surface area contributed by atoms with E-state index in [1.54, 1.807) is 13.3 Å². The molecule has 0 bridgehead atoms. The molecular weight excluding hydrogens is 232 g/mol. The van der Waals surface area contributed by atoms with E-state index in [-0.39, 0.29) is 0 Å². The van der Waals surface area contributed by atoms with Crippen molar-refractivity contribution in [3.05, 3.63) is 27.7 Å². The van der Waals surface area contributed by atoms with E-state index in [0.717, 1.165) is 21.3 Å². The van der Waals surface area contributed by atoms with Gasteiger partial charge in [0, 0.05) is 5.56 Å². The molecule has 4 heteroatoms. The zero-order valence-corrected chi connectivity index (χ0v) is 9.13. The molecule has 3 nitrogen and oxygen atoms in total. The van der Waals surface area contributed by atoms with Crippen LogP contribution in [0.1, 0.15) is 11.1 Å². The van der Waals surface area contributed by atoms with Crippen LogP contribution < -0.4 is 10.6 Å². The van der Waals surface area contributed by atoms with E-state index in [1.807, 2.05) is 19.1 Å². The average molecular weight is 243 g/mol. The minimum atomic E-state index is 0.759. The highest BCUT2D eigenvalue weighted by atomic mass is 79.9. The van der Waals surface area contributed by atoms with Crippen LogP contribution in [0.25, 0.3) is 0 Å². The SMILES string of the molecule is COc1c(Br)ccc(C)c1C=NN. The molecule has 1 aromatic carbocycles. The zero-order valence-electron chi connectivity index (χ0n) is 7.54. The van der Waals surface area contributed by atoms with Crippen LogP contribution in [0.15, 0.2) is 21.7 Å². The Balaban J connectivity index is 3.34. The Kier molecular flexibility index (Phi) is 3.31. The number of aryl methyl sites for hydroxylation is 1. The lowest BCUT2D eigenvalue weighted by atomic mass is 10.1. The van der Waals surface area contributed by atoms with Crippen molar-refractivity contribution in [3.8, 4) is 5.75 Å². The van der Waals surface area contributed by atoms with Crippen molar-refractivity contribution in [2.75, 3.05) is 7.11 Å². The Hall–Kier alpha value is -1.03. The molecule has 0 spiro atoms. The summed E-state index contributed by atoms with van der Waals surface area (Å²) in [5.41, 5.74) is 1.98. The summed E-state index contributed by atoms with van der Waals surface area (Å²) in [4.78, 5) is 0. The Labute approximate surface area is 85.7 Å². The van der Waals surface area contributed by atoms with Crippen molar-refractivity contribution in [3.63, 3.8) is 0 Å². The Morgan fingerprint density at radius 2 is 2.23 bits per heavy atom. The zero-order chi connectivity index (χ0) is 9.84. The van der Waals surface area contributed by atoms with Crippen molar-refractivity contribution in [1.82, 2.24) is 0 Å². The van der Waals surface area contributed by atoms with Gasteiger partial charge in [0.05, 0.1) is 17.8 Å². The molecule has 0 heterocycles. The van der Waals surface area contributed by atoms with Gasteiger partial charge in [-0.15, -0.1) is 0 Å². The van der Waals surface area contributed by atoms with Crippen LogP contribution in [0, 0.1) is 6.92 Å². The molecule has 13 heavy (non-hydrogen) atoms. The second-order valence-corrected chi connectivity index (χ2v) is 3.44. The highest BCUT2D eigenvalue weighted by molar-refractivity contribution is 9.10. The van der Waals surface area contributed by atoms with Gasteiger partial charge in [-0.25, -0.2) is 0 Å². The largest absolute Gasteiger partial charge is 0.495 e. The number of rotatable bonds is 2. The van der Waals surface area contributed by atoms with Gasteiger partial charge >= 0.3 is 0 Å². The summed E-state index contributed by atoms with van der Waals surface area (Å²) < 4.78 is 6.11. The quantitative estimate of drug-likeness (QED) is 0.491. The highest BCUT2D eigenvalue weighted by Gasteiger charge is 2.07. The number of hydrazone groups is 1. The number of halogens is 1. The van der Waals surface area contributed by atoms with E-state index in [9.17, 15) is 0 Å². The standard InChI is InChI=1S/C9H11BrN2O/c1-6-3-4-8(10)9(13-2)7(6)5-12-11/h3-5H,11H2,1-2H3. The van der Waals surface area contributed by atoms with Gasteiger partial charge in [0.25, 0.3) is 0 Å². The normalized spacial score (nSPS) is 10.7. The maximum absolute atomic E-state index is 5.22. The number of benzene rings is 1. The number of ether oxygens (including phenoxy) is 1. The Morgan fingerprint density at radius 3 is 2.77 bits per heavy atom. The summed E-state index contributed by atoms with van der Waals surface area (Å²) in [5.74, 6) is 5.86. The summed E-state index contributed by atoms with van der Waals surface area (Å²) in [6.07, 6.45) is 1.58. The number of hydrogen-bond donors (Lipinski definition) is 1. The van der Waals surface area contributed by atoms with Gasteiger partial charge in [0.2, 0.25) is 0 Å². The van der Waals surface area contributed by atoms with E-state index < -0.39 is 0 Å². The molecule has 1 rings (SSSR count). The van der Waals surface area contributed by atoms with Crippen molar-refractivity contribution in [1.29, 1.82) is 0 Å². The fourth-order valence-corrected chi connectivity index (χ4v) is 1.62. The molecule has 0 unspecified atom stereocenters. The van der Waals surface area contributed by atoms with E-state index in [2.05, 4.69) is 21.0 Å². The fraction of sp³-hybridized carbons (Fsp3) is 0.222. The van der Waals surface area contributed by atoms with Crippen LogP contribution in [0.2, 0.25) is 0 Å². The lowest BCUT2D eigenvalue weighted by Crippen LogP contribution is -1.96. The van der Waals surface area contributed by atoms with E-state index >= 15 is 0 Å². The smallest absolute Gasteiger partial charge is 0.142 e. The number of nitrogens with zero attached hydrogens (tertiary/aromatic N) is 1. The minimum absolute atomic E-state index is 0.759. The lowest BCUT2D eigenvalue weighted by Gasteiger charge is -2.08. The van der Waals surface area contributed by atoms with E-state index in [1.165, 1.54) is 0 Å². The molecule has 1 aromatic rings. The maximum atomic E-state index is 5.22. The summed E-state index contributed by atoms with van der Waals surface area (Å²) in [6.45, 7) is 1.98. The number of methoxy groups -OCH3 is 1. The molecule has 0 aliphatic heterocycles. The molecule has 2 N–H and O–H groups in total. The molecule has 0 saturated heterocycles. The topological polar surface area (TPSA) is 47.6 Å². The van der Waals surface area contributed by atoms with Crippen LogP contribution in [0.3, 0.4) is 0 Å². The maximum Gasteiger partial charge on any atom is 0.142 e. The third kappa shape index (κ3) is 2.01. The third-order valence-corrected chi connectivity index (χ3v) is 2.40. The molecule has 0 aromatic heterocycles. The first-order valence-corrected chi connectivity index (χ1v) is 4.56. The summed E-state index contributed by atoms with van der Waals surface area (Å²) in [5, 5.41) is 3.49. The van der Waals surface area contributed by atoms with Crippen LogP contribution >= 0.6 is 15.9 Å². The first-order valence-electron chi connectivity index (χ1n) is 3.77. The predicted molar refractivity (Wildman–Crippen MR) is 57.2 cm³/mol. The Bertz CT molecular complexity index is 337. The van der Waals surface area contributed by atoms with Crippen LogP contribution in [0.5, 0.6) is 5.75 Å². The Morgan fingerprint density at radius 1 is 1.54 bits per heavy atom. The number of hydrogen-bond acceptors (Lipinski definition) is 3. The molecule has 0 aliphatic rings. The van der Waals surface area contributed by atoms with Gasteiger partial charge in [-0.05, 0) is 34.5 Å². The van der Waals surface area contributed by atoms with E-state index in [4.69, 9.17) is 10.6 Å². The van der Waals surface area contributed by atoms with Crippen LogP contribution in [-0.2, 0) is 0 Å². The summed E-state index contributed by atoms with van der Waals surface area (Å²) in [7, 11) is 1.62. The molecule has 0 amide bonds. The fourth-order valence-electron chi connectivity index (χ4n) is 1.11. The number of nitrogens with two attached hydrogens (primary N) is 1.